The van der Waals surface area contributed by atoms with Crippen LogP contribution in [0.2, 0.25) is 0 Å². The Labute approximate surface area is 107 Å². The van der Waals surface area contributed by atoms with E-state index >= 15 is 0 Å². The molecule has 0 fully saturated rings. The van der Waals surface area contributed by atoms with E-state index in [9.17, 15) is 4.79 Å². The standard InChI is InChI=1S/C12H21N3O3/c1-5-9(4)15(7-11(16)17)6-10-13-12(8(2)3)14-18-10/h8-9H,5-7H2,1-4H3,(H,16,17). The summed E-state index contributed by atoms with van der Waals surface area (Å²) in [5.41, 5.74) is 0. The van der Waals surface area contributed by atoms with Gasteiger partial charge in [-0.1, -0.05) is 25.9 Å². The first kappa shape index (κ1) is 14.6. The quantitative estimate of drug-likeness (QED) is 0.801. The molecule has 0 bridgehead atoms. The smallest absolute Gasteiger partial charge is 0.317 e. The zero-order valence-corrected chi connectivity index (χ0v) is 11.4. The molecule has 1 heterocycles. The Morgan fingerprint density at radius 1 is 1.44 bits per heavy atom. The van der Waals surface area contributed by atoms with Crippen LogP contribution in [-0.4, -0.2) is 38.7 Å². The maximum Gasteiger partial charge on any atom is 0.317 e. The lowest BCUT2D eigenvalue weighted by atomic mass is 10.2. The molecule has 0 saturated heterocycles. The SMILES string of the molecule is CCC(C)N(CC(=O)O)Cc1nc(C(C)C)no1. The van der Waals surface area contributed by atoms with Crippen molar-refractivity contribution in [1.82, 2.24) is 15.0 Å². The van der Waals surface area contributed by atoms with Gasteiger partial charge in [-0.05, 0) is 13.3 Å². The molecule has 6 heteroatoms. The Morgan fingerprint density at radius 2 is 2.11 bits per heavy atom. The van der Waals surface area contributed by atoms with Gasteiger partial charge in [0.05, 0.1) is 13.1 Å². The van der Waals surface area contributed by atoms with Gasteiger partial charge in [0.2, 0.25) is 5.89 Å². The van der Waals surface area contributed by atoms with E-state index in [-0.39, 0.29) is 18.5 Å². The lowest BCUT2D eigenvalue weighted by molar-refractivity contribution is -0.139. The second-order valence-corrected chi connectivity index (χ2v) is 4.76. The van der Waals surface area contributed by atoms with Crippen LogP contribution in [0.15, 0.2) is 4.52 Å². The second-order valence-electron chi connectivity index (χ2n) is 4.76. The molecule has 1 N–H and O–H groups in total. The van der Waals surface area contributed by atoms with Crippen molar-refractivity contribution >= 4 is 5.97 Å². The van der Waals surface area contributed by atoms with Gasteiger partial charge >= 0.3 is 5.97 Å². The fourth-order valence-electron chi connectivity index (χ4n) is 1.54. The van der Waals surface area contributed by atoms with E-state index in [2.05, 4.69) is 10.1 Å². The average Bonchev–Trinajstić information content (AvgIpc) is 2.75. The molecule has 0 aromatic carbocycles. The molecule has 6 nitrogen and oxygen atoms in total. The molecular formula is C12H21N3O3. The maximum absolute atomic E-state index is 10.8. The molecule has 1 unspecified atom stereocenters. The van der Waals surface area contributed by atoms with Gasteiger partial charge in [0.15, 0.2) is 5.82 Å². The van der Waals surface area contributed by atoms with Crippen molar-refractivity contribution in [3.05, 3.63) is 11.7 Å². The molecule has 1 rings (SSSR count). The first-order chi connectivity index (χ1) is 8.43. The molecule has 0 aliphatic rings. The minimum absolute atomic E-state index is 0.0194. The summed E-state index contributed by atoms with van der Waals surface area (Å²) in [6.45, 7) is 8.33. The number of carboxylic acid groups (broad SMARTS) is 1. The molecule has 0 spiro atoms. The highest BCUT2D eigenvalue weighted by molar-refractivity contribution is 5.69. The third-order valence-electron chi connectivity index (χ3n) is 2.89. The second kappa shape index (κ2) is 6.49. The highest BCUT2D eigenvalue weighted by Gasteiger charge is 2.19. The van der Waals surface area contributed by atoms with Gasteiger partial charge in [-0.2, -0.15) is 4.98 Å². The normalized spacial score (nSPS) is 13.2. The van der Waals surface area contributed by atoms with Crippen LogP contribution in [0.1, 0.15) is 51.7 Å². The first-order valence-corrected chi connectivity index (χ1v) is 6.22. The molecule has 1 atom stereocenters. The monoisotopic (exact) mass is 255 g/mol. The fraction of sp³-hybridized carbons (Fsp3) is 0.750. The number of carbonyl (C=O) groups is 1. The average molecular weight is 255 g/mol. The van der Waals surface area contributed by atoms with Crippen molar-refractivity contribution in [3.8, 4) is 0 Å². The van der Waals surface area contributed by atoms with Crippen molar-refractivity contribution in [2.45, 2.75) is 52.6 Å². The number of nitrogens with zero attached hydrogens (tertiary/aromatic N) is 3. The Hall–Kier alpha value is -1.43. The van der Waals surface area contributed by atoms with Crippen molar-refractivity contribution in [2.75, 3.05) is 6.54 Å². The van der Waals surface area contributed by atoms with E-state index in [1.165, 1.54) is 0 Å². The third-order valence-corrected chi connectivity index (χ3v) is 2.89. The van der Waals surface area contributed by atoms with Gasteiger partial charge in [-0.25, -0.2) is 0 Å². The molecule has 0 amide bonds. The zero-order valence-electron chi connectivity index (χ0n) is 11.4. The Kier molecular flexibility index (Phi) is 5.27. The zero-order chi connectivity index (χ0) is 13.7. The third kappa shape index (κ3) is 4.10. The minimum atomic E-state index is -0.848. The van der Waals surface area contributed by atoms with Crippen molar-refractivity contribution in [1.29, 1.82) is 0 Å². The molecule has 1 aromatic rings. The Morgan fingerprint density at radius 3 is 2.56 bits per heavy atom. The molecule has 0 aliphatic heterocycles. The fourth-order valence-corrected chi connectivity index (χ4v) is 1.54. The van der Waals surface area contributed by atoms with Gasteiger partial charge in [0.1, 0.15) is 0 Å². The summed E-state index contributed by atoms with van der Waals surface area (Å²) < 4.78 is 5.14. The maximum atomic E-state index is 10.8. The van der Waals surface area contributed by atoms with Gasteiger partial charge in [-0.3, -0.25) is 9.69 Å². The molecule has 1 aromatic heterocycles. The number of carboxylic acids is 1. The van der Waals surface area contributed by atoms with Gasteiger partial charge in [0.25, 0.3) is 0 Å². The number of hydrogen-bond donors (Lipinski definition) is 1. The van der Waals surface area contributed by atoms with Crippen LogP contribution in [-0.2, 0) is 11.3 Å². The van der Waals surface area contributed by atoms with E-state index in [0.717, 1.165) is 6.42 Å². The van der Waals surface area contributed by atoms with Crippen molar-refractivity contribution < 1.29 is 14.4 Å². The number of aliphatic carboxylic acids is 1. The van der Waals surface area contributed by atoms with Crippen molar-refractivity contribution in [2.24, 2.45) is 0 Å². The number of rotatable bonds is 7. The number of aromatic nitrogens is 2. The van der Waals surface area contributed by atoms with E-state index in [4.69, 9.17) is 9.63 Å². The van der Waals surface area contributed by atoms with Gasteiger partial charge < -0.3 is 9.63 Å². The number of hydrogen-bond acceptors (Lipinski definition) is 5. The summed E-state index contributed by atoms with van der Waals surface area (Å²) in [6, 6.07) is 0.162. The van der Waals surface area contributed by atoms with E-state index in [0.29, 0.717) is 18.3 Å². The van der Waals surface area contributed by atoms with Gasteiger partial charge in [-0.15, -0.1) is 0 Å². The molecule has 18 heavy (non-hydrogen) atoms. The van der Waals surface area contributed by atoms with Crippen LogP contribution in [0.3, 0.4) is 0 Å². The molecule has 0 saturated carbocycles. The highest BCUT2D eigenvalue weighted by Crippen LogP contribution is 2.13. The summed E-state index contributed by atoms with van der Waals surface area (Å²) in [4.78, 5) is 16.9. The van der Waals surface area contributed by atoms with Crippen LogP contribution in [0.25, 0.3) is 0 Å². The van der Waals surface area contributed by atoms with E-state index in [1.807, 2.05) is 32.6 Å². The summed E-state index contributed by atoms with van der Waals surface area (Å²) >= 11 is 0. The summed E-state index contributed by atoms with van der Waals surface area (Å²) in [7, 11) is 0. The molecule has 0 radical (unpaired) electrons. The summed E-state index contributed by atoms with van der Waals surface area (Å²) in [6.07, 6.45) is 0.873. The molecule has 0 aliphatic carbocycles. The van der Waals surface area contributed by atoms with E-state index in [1.54, 1.807) is 0 Å². The topological polar surface area (TPSA) is 79.5 Å². The first-order valence-electron chi connectivity index (χ1n) is 6.22. The van der Waals surface area contributed by atoms with Crippen LogP contribution in [0, 0.1) is 0 Å². The largest absolute Gasteiger partial charge is 0.480 e. The lowest BCUT2D eigenvalue weighted by Gasteiger charge is -2.24. The molecule has 102 valence electrons. The van der Waals surface area contributed by atoms with Gasteiger partial charge in [0, 0.05) is 12.0 Å². The lowest BCUT2D eigenvalue weighted by Crippen LogP contribution is -2.36. The van der Waals surface area contributed by atoms with Crippen LogP contribution in [0.5, 0.6) is 0 Å². The highest BCUT2D eigenvalue weighted by atomic mass is 16.5. The van der Waals surface area contributed by atoms with Crippen molar-refractivity contribution in [3.63, 3.8) is 0 Å². The Balaban J connectivity index is 2.72. The van der Waals surface area contributed by atoms with E-state index < -0.39 is 5.97 Å². The predicted molar refractivity (Wildman–Crippen MR) is 66.2 cm³/mol. The van der Waals surface area contributed by atoms with Crippen LogP contribution < -0.4 is 0 Å². The predicted octanol–water partition coefficient (Wildman–Crippen LogP) is 1.88. The van der Waals surface area contributed by atoms with Crippen LogP contribution in [0.4, 0.5) is 0 Å². The molecular weight excluding hydrogens is 234 g/mol. The Bertz CT molecular complexity index is 390. The summed E-state index contributed by atoms with van der Waals surface area (Å²) in [5.74, 6) is 0.489. The van der Waals surface area contributed by atoms with Crippen LogP contribution >= 0.6 is 0 Å². The summed E-state index contributed by atoms with van der Waals surface area (Å²) in [5, 5.41) is 12.8. The minimum Gasteiger partial charge on any atom is -0.480 e.